The Morgan fingerprint density at radius 1 is 1.59 bits per heavy atom. The molecule has 0 aliphatic heterocycles. The lowest BCUT2D eigenvalue weighted by Gasteiger charge is -2.02. The van der Waals surface area contributed by atoms with Crippen LogP contribution >= 0.6 is 11.3 Å². The van der Waals surface area contributed by atoms with Crippen LogP contribution in [0, 0.1) is 0 Å². The molecule has 0 amide bonds. The molecule has 2 N–H and O–H groups in total. The molecule has 0 spiro atoms. The molecule has 1 aromatic heterocycles. The van der Waals surface area contributed by atoms with Crippen LogP contribution in [0.25, 0.3) is 0 Å². The zero-order valence-electron chi connectivity index (χ0n) is 9.30. The standard InChI is InChI=1S/C9H11N3O4S/c1-3-15-8(14)7(12-16-5(2)13)6-4-17-9(10)11-6/h4H,3H2,1-2H3,(H2,10,11)/b12-7-. The summed E-state index contributed by atoms with van der Waals surface area (Å²) in [6, 6.07) is 0. The number of anilines is 1. The maximum atomic E-state index is 11.5. The molecule has 0 aliphatic rings. The topological polar surface area (TPSA) is 104 Å². The molecular formula is C9H11N3O4S. The fraction of sp³-hybridized carbons (Fsp3) is 0.333. The summed E-state index contributed by atoms with van der Waals surface area (Å²) in [6.45, 7) is 3.00. The maximum Gasteiger partial charge on any atom is 0.362 e. The first-order valence-corrected chi connectivity index (χ1v) is 5.56. The highest BCUT2D eigenvalue weighted by Crippen LogP contribution is 2.13. The van der Waals surface area contributed by atoms with Crippen LogP contribution in [0.1, 0.15) is 19.5 Å². The summed E-state index contributed by atoms with van der Waals surface area (Å²) < 4.78 is 4.76. The SMILES string of the molecule is CCOC(=O)/C(=N\OC(C)=O)c1csc(N)n1. The number of nitrogens with two attached hydrogens (primary N) is 1. The average Bonchev–Trinajstić information content (AvgIpc) is 2.65. The molecule has 0 radical (unpaired) electrons. The molecule has 1 rings (SSSR count). The molecule has 17 heavy (non-hydrogen) atoms. The minimum absolute atomic E-state index is 0.178. The van der Waals surface area contributed by atoms with E-state index in [0.717, 1.165) is 11.3 Å². The second-order valence-electron chi connectivity index (χ2n) is 2.81. The predicted octanol–water partition coefficient (Wildman–Crippen LogP) is 0.556. The Labute approximate surface area is 101 Å². The molecule has 92 valence electrons. The van der Waals surface area contributed by atoms with Crippen LogP contribution in [0.2, 0.25) is 0 Å². The molecule has 7 nitrogen and oxygen atoms in total. The van der Waals surface area contributed by atoms with Crippen molar-refractivity contribution in [2.45, 2.75) is 13.8 Å². The Balaban J connectivity index is 2.97. The minimum Gasteiger partial charge on any atom is -0.461 e. The summed E-state index contributed by atoms with van der Waals surface area (Å²) in [5.74, 6) is -1.37. The van der Waals surface area contributed by atoms with Gasteiger partial charge in [-0.3, -0.25) is 0 Å². The number of oxime groups is 1. The number of carbonyl (C=O) groups is 2. The van der Waals surface area contributed by atoms with Crippen LogP contribution in [-0.2, 0) is 19.2 Å². The van der Waals surface area contributed by atoms with Gasteiger partial charge in [0, 0.05) is 12.3 Å². The summed E-state index contributed by atoms with van der Waals surface area (Å²) in [4.78, 5) is 30.5. The lowest BCUT2D eigenvalue weighted by Crippen LogP contribution is -2.20. The van der Waals surface area contributed by atoms with Gasteiger partial charge < -0.3 is 15.3 Å². The van der Waals surface area contributed by atoms with Gasteiger partial charge in [0.2, 0.25) is 5.71 Å². The van der Waals surface area contributed by atoms with Crippen LogP contribution in [0.4, 0.5) is 5.13 Å². The van der Waals surface area contributed by atoms with E-state index in [0.29, 0.717) is 0 Å². The number of nitrogen functional groups attached to an aromatic ring is 1. The third kappa shape index (κ3) is 3.83. The Bertz CT molecular complexity index is 455. The number of esters is 1. The van der Waals surface area contributed by atoms with Crippen molar-refractivity contribution in [2.75, 3.05) is 12.3 Å². The Hall–Kier alpha value is -1.96. The molecule has 1 heterocycles. The zero-order valence-corrected chi connectivity index (χ0v) is 10.1. The molecule has 0 unspecified atom stereocenters. The van der Waals surface area contributed by atoms with Crippen molar-refractivity contribution in [3.8, 4) is 0 Å². The monoisotopic (exact) mass is 257 g/mol. The van der Waals surface area contributed by atoms with Gasteiger partial charge in [0.15, 0.2) is 5.13 Å². The second kappa shape index (κ2) is 5.94. The number of ether oxygens (including phenoxy) is 1. The number of hydrogen-bond donors (Lipinski definition) is 1. The number of hydrogen-bond acceptors (Lipinski definition) is 8. The summed E-state index contributed by atoms with van der Waals surface area (Å²) in [5, 5.41) is 5.21. The van der Waals surface area contributed by atoms with Crippen LogP contribution < -0.4 is 5.73 Å². The first-order valence-electron chi connectivity index (χ1n) is 4.68. The van der Waals surface area contributed by atoms with Crippen LogP contribution in [0.3, 0.4) is 0 Å². The molecule has 0 atom stereocenters. The highest BCUT2D eigenvalue weighted by Gasteiger charge is 2.19. The van der Waals surface area contributed by atoms with Gasteiger partial charge in [-0.2, -0.15) is 0 Å². The molecule has 0 bridgehead atoms. The number of carbonyl (C=O) groups excluding carboxylic acids is 2. The Morgan fingerprint density at radius 2 is 2.29 bits per heavy atom. The van der Waals surface area contributed by atoms with Gasteiger partial charge in [0.05, 0.1) is 6.61 Å². The summed E-state index contributed by atoms with van der Waals surface area (Å²) in [5.41, 5.74) is 5.47. The smallest absolute Gasteiger partial charge is 0.362 e. The number of rotatable bonds is 4. The molecule has 0 saturated heterocycles. The van der Waals surface area contributed by atoms with Gasteiger partial charge >= 0.3 is 11.9 Å². The van der Waals surface area contributed by atoms with Gasteiger partial charge in [-0.1, -0.05) is 5.16 Å². The van der Waals surface area contributed by atoms with Crippen molar-refractivity contribution < 1.29 is 19.2 Å². The van der Waals surface area contributed by atoms with Crippen molar-refractivity contribution in [1.29, 1.82) is 0 Å². The fourth-order valence-corrected chi connectivity index (χ4v) is 1.44. The van der Waals surface area contributed by atoms with E-state index in [4.69, 9.17) is 10.5 Å². The van der Waals surface area contributed by atoms with E-state index >= 15 is 0 Å². The third-order valence-corrected chi connectivity index (χ3v) is 2.17. The van der Waals surface area contributed by atoms with Gasteiger partial charge in [-0.05, 0) is 6.92 Å². The summed E-state index contributed by atoms with van der Waals surface area (Å²) in [6.07, 6.45) is 0. The fourth-order valence-electron chi connectivity index (χ4n) is 0.894. The highest BCUT2D eigenvalue weighted by molar-refractivity contribution is 7.13. The van der Waals surface area contributed by atoms with E-state index in [1.807, 2.05) is 0 Å². The molecule has 0 aliphatic carbocycles. The van der Waals surface area contributed by atoms with Gasteiger partial charge in [-0.25, -0.2) is 14.6 Å². The van der Waals surface area contributed by atoms with Crippen molar-refractivity contribution in [3.63, 3.8) is 0 Å². The first kappa shape index (κ1) is 13.1. The molecule has 1 aromatic rings. The van der Waals surface area contributed by atoms with Crippen LogP contribution in [0.5, 0.6) is 0 Å². The van der Waals surface area contributed by atoms with E-state index in [9.17, 15) is 9.59 Å². The summed E-state index contributed by atoms with van der Waals surface area (Å²) in [7, 11) is 0. The van der Waals surface area contributed by atoms with E-state index < -0.39 is 11.9 Å². The van der Waals surface area contributed by atoms with E-state index in [1.54, 1.807) is 6.92 Å². The second-order valence-corrected chi connectivity index (χ2v) is 3.70. The van der Waals surface area contributed by atoms with Gasteiger partial charge in [0.1, 0.15) is 5.69 Å². The number of nitrogens with zero attached hydrogens (tertiary/aromatic N) is 2. The summed E-state index contributed by atoms with van der Waals surface area (Å²) >= 11 is 1.14. The molecule has 0 fully saturated rings. The maximum absolute atomic E-state index is 11.5. The molecule has 0 aromatic carbocycles. The third-order valence-electron chi connectivity index (χ3n) is 1.50. The van der Waals surface area contributed by atoms with Crippen molar-refractivity contribution in [2.24, 2.45) is 5.16 Å². The van der Waals surface area contributed by atoms with Crippen LogP contribution in [0.15, 0.2) is 10.5 Å². The highest BCUT2D eigenvalue weighted by atomic mass is 32.1. The van der Waals surface area contributed by atoms with Crippen molar-refractivity contribution >= 4 is 34.1 Å². The zero-order chi connectivity index (χ0) is 12.8. The van der Waals surface area contributed by atoms with E-state index in [-0.39, 0.29) is 23.1 Å². The predicted molar refractivity (Wildman–Crippen MR) is 61.5 cm³/mol. The first-order chi connectivity index (χ1) is 8.04. The van der Waals surface area contributed by atoms with Crippen molar-refractivity contribution in [3.05, 3.63) is 11.1 Å². The van der Waals surface area contributed by atoms with E-state index in [1.165, 1.54) is 12.3 Å². The van der Waals surface area contributed by atoms with Gasteiger partial charge in [-0.15, -0.1) is 11.3 Å². The quantitative estimate of drug-likeness (QED) is 0.365. The normalized spacial score (nSPS) is 11.1. The van der Waals surface area contributed by atoms with E-state index in [2.05, 4.69) is 15.0 Å². The Kier molecular flexibility index (Phi) is 4.58. The lowest BCUT2D eigenvalue weighted by molar-refractivity contribution is -0.141. The molecule has 8 heteroatoms. The number of aromatic nitrogens is 1. The molecule has 0 saturated carbocycles. The number of thiazole rings is 1. The lowest BCUT2D eigenvalue weighted by atomic mass is 10.3. The minimum atomic E-state index is -0.723. The largest absolute Gasteiger partial charge is 0.461 e. The molecular weight excluding hydrogens is 246 g/mol. The average molecular weight is 257 g/mol. The van der Waals surface area contributed by atoms with Crippen molar-refractivity contribution in [1.82, 2.24) is 4.98 Å². The van der Waals surface area contributed by atoms with Crippen LogP contribution in [-0.4, -0.2) is 29.2 Å². The van der Waals surface area contributed by atoms with Gasteiger partial charge in [0.25, 0.3) is 0 Å². The Morgan fingerprint density at radius 3 is 2.76 bits per heavy atom.